The largest absolute Gasteiger partial charge is 0.450 e. The molecule has 1 aromatic heterocycles. The molecule has 17 heavy (non-hydrogen) atoms. The Hall–Kier alpha value is -1.03. The molecule has 1 aliphatic rings. The summed E-state index contributed by atoms with van der Waals surface area (Å²) in [7, 11) is 0. The van der Waals surface area contributed by atoms with Crippen LogP contribution in [-0.2, 0) is 4.74 Å². The highest BCUT2D eigenvalue weighted by atomic mass is 32.1. The van der Waals surface area contributed by atoms with Gasteiger partial charge in [0.15, 0.2) is 0 Å². The quantitative estimate of drug-likeness (QED) is 0.869. The number of hydrogen-bond acceptors (Lipinski definition) is 3. The lowest BCUT2D eigenvalue weighted by atomic mass is 9.85. The van der Waals surface area contributed by atoms with Crippen LogP contribution in [0.15, 0.2) is 11.4 Å². The Morgan fingerprint density at radius 2 is 2.24 bits per heavy atom. The van der Waals surface area contributed by atoms with Crippen molar-refractivity contribution in [3.05, 3.63) is 17.0 Å². The zero-order valence-corrected chi connectivity index (χ0v) is 11.0. The maximum atomic E-state index is 11.4. The maximum Gasteiger partial charge on any atom is 0.412 e. The van der Waals surface area contributed by atoms with Crippen LogP contribution in [0.3, 0.4) is 0 Å². The molecule has 1 fully saturated rings. The van der Waals surface area contributed by atoms with E-state index >= 15 is 0 Å². The van der Waals surface area contributed by atoms with Gasteiger partial charge in [-0.25, -0.2) is 4.79 Å². The number of hydrogen-bond donors (Lipinski definition) is 1. The predicted molar refractivity (Wildman–Crippen MR) is 70.8 cm³/mol. The molecule has 2 rings (SSSR count). The first-order valence-corrected chi connectivity index (χ1v) is 7.20. The minimum absolute atomic E-state index is 0.341. The third-order valence-corrected chi connectivity index (χ3v) is 4.08. The molecule has 1 N–H and O–H groups in total. The van der Waals surface area contributed by atoms with Crippen molar-refractivity contribution in [3.8, 4) is 0 Å². The summed E-state index contributed by atoms with van der Waals surface area (Å²) in [5.74, 6) is 0.618. The minimum atomic E-state index is -0.341. The average Bonchev–Trinajstić information content (AvgIpc) is 2.78. The fraction of sp³-hybridized carbons (Fsp3) is 0.615. The second-order valence-electron chi connectivity index (χ2n) is 4.39. The molecule has 0 radical (unpaired) electrons. The van der Waals surface area contributed by atoms with Gasteiger partial charge in [0.1, 0.15) is 5.00 Å². The van der Waals surface area contributed by atoms with E-state index in [-0.39, 0.29) is 6.09 Å². The van der Waals surface area contributed by atoms with Gasteiger partial charge in [-0.1, -0.05) is 19.3 Å². The zero-order chi connectivity index (χ0) is 12.1. The van der Waals surface area contributed by atoms with Gasteiger partial charge in [-0.3, -0.25) is 5.32 Å². The molecule has 1 aliphatic carbocycles. The fourth-order valence-electron chi connectivity index (χ4n) is 2.42. The molecule has 1 heterocycles. The summed E-state index contributed by atoms with van der Waals surface area (Å²) in [6, 6.07) is 2.14. The molecule has 0 saturated heterocycles. The number of ether oxygens (including phenoxy) is 1. The summed E-state index contributed by atoms with van der Waals surface area (Å²) in [5.41, 5.74) is 1.29. The van der Waals surface area contributed by atoms with E-state index in [4.69, 9.17) is 4.74 Å². The Kier molecular flexibility index (Phi) is 4.42. The Morgan fingerprint density at radius 1 is 1.47 bits per heavy atom. The van der Waals surface area contributed by atoms with Gasteiger partial charge in [-0.05, 0) is 42.7 Å². The molecule has 94 valence electrons. The molecular formula is C13H19NO2S. The molecule has 1 saturated carbocycles. The molecule has 0 aromatic carbocycles. The van der Waals surface area contributed by atoms with Crippen molar-refractivity contribution in [2.45, 2.75) is 44.9 Å². The summed E-state index contributed by atoms with van der Waals surface area (Å²) in [6.07, 6.45) is 6.11. The van der Waals surface area contributed by atoms with Gasteiger partial charge in [-0.15, -0.1) is 11.3 Å². The summed E-state index contributed by atoms with van der Waals surface area (Å²) >= 11 is 1.59. The van der Waals surface area contributed by atoms with E-state index in [1.165, 1.54) is 37.7 Å². The van der Waals surface area contributed by atoms with E-state index in [2.05, 4.69) is 11.4 Å². The molecule has 0 bridgehead atoms. The summed E-state index contributed by atoms with van der Waals surface area (Å²) in [5, 5.41) is 5.86. The van der Waals surface area contributed by atoms with Crippen molar-refractivity contribution in [3.63, 3.8) is 0 Å². The van der Waals surface area contributed by atoms with Crippen molar-refractivity contribution in [2.24, 2.45) is 0 Å². The highest BCUT2D eigenvalue weighted by Crippen LogP contribution is 2.38. The second-order valence-corrected chi connectivity index (χ2v) is 5.30. The molecule has 0 atom stereocenters. The van der Waals surface area contributed by atoms with Crippen LogP contribution in [0, 0.1) is 0 Å². The number of anilines is 1. The van der Waals surface area contributed by atoms with Crippen molar-refractivity contribution in [1.82, 2.24) is 0 Å². The minimum Gasteiger partial charge on any atom is -0.450 e. The van der Waals surface area contributed by atoms with E-state index in [0.29, 0.717) is 12.5 Å². The van der Waals surface area contributed by atoms with Crippen molar-refractivity contribution >= 4 is 22.4 Å². The molecule has 3 nitrogen and oxygen atoms in total. The Labute approximate surface area is 106 Å². The molecule has 1 amide bonds. The Morgan fingerprint density at radius 3 is 2.94 bits per heavy atom. The summed E-state index contributed by atoms with van der Waals surface area (Å²) in [6.45, 7) is 2.23. The van der Waals surface area contributed by atoms with Crippen molar-refractivity contribution in [1.29, 1.82) is 0 Å². The van der Waals surface area contributed by atoms with Crippen LogP contribution < -0.4 is 5.32 Å². The van der Waals surface area contributed by atoms with Crippen LogP contribution in [0.25, 0.3) is 0 Å². The lowest BCUT2D eigenvalue weighted by Crippen LogP contribution is -2.14. The third kappa shape index (κ3) is 3.22. The number of carbonyl (C=O) groups is 1. The lowest BCUT2D eigenvalue weighted by molar-refractivity contribution is 0.168. The Bertz CT molecular complexity index is 369. The smallest absolute Gasteiger partial charge is 0.412 e. The first-order chi connectivity index (χ1) is 8.31. The Balaban J connectivity index is 2.02. The van der Waals surface area contributed by atoms with E-state index < -0.39 is 0 Å². The highest BCUT2D eigenvalue weighted by molar-refractivity contribution is 7.14. The second kappa shape index (κ2) is 6.05. The topological polar surface area (TPSA) is 38.3 Å². The van der Waals surface area contributed by atoms with Gasteiger partial charge in [0, 0.05) is 0 Å². The van der Waals surface area contributed by atoms with Crippen LogP contribution in [0.5, 0.6) is 0 Å². The highest BCUT2D eigenvalue weighted by Gasteiger charge is 2.20. The maximum absolute atomic E-state index is 11.4. The van der Waals surface area contributed by atoms with Gasteiger partial charge >= 0.3 is 6.09 Å². The van der Waals surface area contributed by atoms with Gasteiger partial charge in [0.05, 0.1) is 6.61 Å². The third-order valence-electron chi connectivity index (χ3n) is 3.23. The van der Waals surface area contributed by atoms with E-state index in [1.807, 2.05) is 12.3 Å². The van der Waals surface area contributed by atoms with Gasteiger partial charge in [0.25, 0.3) is 0 Å². The van der Waals surface area contributed by atoms with E-state index in [1.54, 1.807) is 11.3 Å². The molecular weight excluding hydrogens is 234 g/mol. The normalized spacial score (nSPS) is 16.8. The average molecular weight is 253 g/mol. The molecule has 0 spiro atoms. The van der Waals surface area contributed by atoms with Gasteiger partial charge in [-0.2, -0.15) is 0 Å². The molecule has 1 aromatic rings. The first-order valence-electron chi connectivity index (χ1n) is 6.32. The number of thiophene rings is 1. The van der Waals surface area contributed by atoms with Crippen molar-refractivity contribution in [2.75, 3.05) is 11.9 Å². The van der Waals surface area contributed by atoms with Crippen LogP contribution >= 0.6 is 11.3 Å². The SMILES string of the molecule is CCOC(=O)Nc1sccc1C1CCCCC1. The lowest BCUT2D eigenvalue weighted by Gasteiger charge is -2.22. The van der Waals surface area contributed by atoms with Gasteiger partial charge < -0.3 is 4.74 Å². The molecule has 0 unspecified atom stereocenters. The molecule has 0 aliphatic heterocycles. The number of nitrogens with one attached hydrogen (secondary N) is 1. The fourth-order valence-corrected chi connectivity index (χ4v) is 3.28. The van der Waals surface area contributed by atoms with Gasteiger partial charge in [0.2, 0.25) is 0 Å². The van der Waals surface area contributed by atoms with Crippen LogP contribution in [0.2, 0.25) is 0 Å². The predicted octanol–water partition coefficient (Wildman–Crippen LogP) is 4.36. The number of rotatable bonds is 3. The summed E-state index contributed by atoms with van der Waals surface area (Å²) < 4.78 is 4.91. The monoisotopic (exact) mass is 253 g/mol. The van der Waals surface area contributed by atoms with Crippen LogP contribution in [-0.4, -0.2) is 12.7 Å². The summed E-state index contributed by atoms with van der Waals surface area (Å²) in [4.78, 5) is 11.4. The number of amides is 1. The van der Waals surface area contributed by atoms with E-state index in [0.717, 1.165) is 5.00 Å². The molecule has 4 heteroatoms. The van der Waals surface area contributed by atoms with E-state index in [9.17, 15) is 4.79 Å². The van der Waals surface area contributed by atoms with Crippen LogP contribution in [0.1, 0.15) is 50.5 Å². The standard InChI is InChI=1S/C13H19NO2S/c1-2-16-13(15)14-12-11(8-9-17-12)10-6-4-3-5-7-10/h8-10H,2-7H2,1H3,(H,14,15). The zero-order valence-electron chi connectivity index (χ0n) is 10.2. The number of carbonyl (C=O) groups excluding carboxylic acids is 1. The first kappa shape index (κ1) is 12.4. The van der Waals surface area contributed by atoms with Crippen LogP contribution in [0.4, 0.5) is 9.80 Å². The van der Waals surface area contributed by atoms with Crippen molar-refractivity contribution < 1.29 is 9.53 Å².